The fourth-order valence-corrected chi connectivity index (χ4v) is 6.57. The van der Waals surface area contributed by atoms with E-state index in [4.69, 9.17) is 22.7 Å². The zero-order chi connectivity index (χ0) is 24.2. The number of hydrogen-bond donors (Lipinski definition) is 2. The van der Waals surface area contributed by atoms with Crippen molar-refractivity contribution in [3.8, 4) is 0 Å². The molecule has 7 heteroatoms. The van der Waals surface area contributed by atoms with Crippen molar-refractivity contribution < 1.29 is 4.79 Å². The van der Waals surface area contributed by atoms with Gasteiger partial charge >= 0.3 is 0 Å². The topological polar surface area (TPSA) is 73.4 Å². The summed E-state index contributed by atoms with van der Waals surface area (Å²) in [4.78, 5) is 19.3. The van der Waals surface area contributed by atoms with Crippen molar-refractivity contribution in [2.24, 2.45) is 5.73 Å². The van der Waals surface area contributed by atoms with Crippen LogP contribution in [-0.4, -0.2) is 41.8 Å². The number of nitrogens with zero attached hydrogens (tertiary/aromatic N) is 2. The van der Waals surface area contributed by atoms with Gasteiger partial charge in [0.1, 0.15) is 11.1 Å². The van der Waals surface area contributed by atoms with Crippen molar-refractivity contribution in [3.05, 3.63) is 58.6 Å². The molecule has 0 radical (unpaired) electrons. The third-order valence-electron chi connectivity index (χ3n) is 7.12. The van der Waals surface area contributed by atoms with Crippen molar-refractivity contribution >= 4 is 40.8 Å². The number of likely N-dealkylation sites (tertiary alicyclic amines) is 1. The number of halogens is 1. The minimum Gasteiger partial charge on any atom is -0.384 e. The molecule has 0 aromatic heterocycles. The lowest BCUT2D eigenvalue weighted by Crippen LogP contribution is -2.44. The standard InChI is InChI=1S/C27H35ClN4OS/c1-18-8-6-9-19(2)31(18)14-4-3-5-15-32-23-17-22(28)12-13-24(23)34-25(27(32)33)20-10-7-11-21(16-20)26(29)30/h7,10-13,16-19,25H,3-6,8-9,14-15H2,1-2H3,(H3,29,30)/t18-,19+,25?. The van der Waals surface area contributed by atoms with Crippen molar-refractivity contribution in [1.82, 2.24) is 4.90 Å². The highest BCUT2D eigenvalue weighted by atomic mass is 35.5. The van der Waals surface area contributed by atoms with Gasteiger partial charge in [-0.25, -0.2) is 0 Å². The monoisotopic (exact) mass is 498 g/mol. The number of rotatable bonds is 8. The van der Waals surface area contributed by atoms with Crippen LogP contribution in [0.25, 0.3) is 0 Å². The minimum atomic E-state index is -0.358. The first-order valence-corrected chi connectivity index (χ1v) is 13.6. The first kappa shape index (κ1) is 25.1. The van der Waals surface area contributed by atoms with Gasteiger partial charge in [-0.3, -0.25) is 15.1 Å². The molecule has 2 aliphatic heterocycles. The van der Waals surface area contributed by atoms with Crippen LogP contribution in [0.3, 0.4) is 0 Å². The van der Waals surface area contributed by atoms with Gasteiger partial charge in [0.2, 0.25) is 5.91 Å². The smallest absolute Gasteiger partial charge is 0.245 e. The van der Waals surface area contributed by atoms with Gasteiger partial charge in [0.25, 0.3) is 0 Å². The zero-order valence-electron chi connectivity index (χ0n) is 20.1. The fourth-order valence-electron chi connectivity index (χ4n) is 5.21. The van der Waals surface area contributed by atoms with Crippen LogP contribution < -0.4 is 10.6 Å². The van der Waals surface area contributed by atoms with Crippen LogP contribution in [0.15, 0.2) is 47.4 Å². The summed E-state index contributed by atoms with van der Waals surface area (Å²) in [6, 6.07) is 14.6. The van der Waals surface area contributed by atoms with Crippen LogP contribution in [0.2, 0.25) is 5.02 Å². The second-order valence-corrected chi connectivity index (χ2v) is 11.1. The minimum absolute atomic E-state index is 0.0106. The number of thioether (sulfide) groups is 1. The third kappa shape index (κ3) is 5.61. The quantitative estimate of drug-likeness (QED) is 0.257. The van der Waals surface area contributed by atoms with E-state index in [9.17, 15) is 4.79 Å². The molecule has 0 saturated carbocycles. The number of unbranched alkanes of at least 4 members (excludes halogenated alkanes) is 2. The van der Waals surface area contributed by atoms with Gasteiger partial charge in [-0.15, -0.1) is 11.8 Å². The van der Waals surface area contributed by atoms with E-state index in [0.717, 1.165) is 42.0 Å². The maximum absolute atomic E-state index is 13.6. The first-order valence-electron chi connectivity index (χ1n) is 12.3. The van der Waals surface area contributed by atoms with Crippen LogP contribution in [-0.2, 0) is 4.79 Å². The summed E-state index contributed by atoms with van der Waals surface area (Å²) in [5, 5.41) is 8.05. The molecule has 3 atom stereocenters. The number of fused-ring (bicyclic) bond motifs is 1. The van der Waals surface area contributed by atoms with Gasteiger partial charge in [0.15, 0.2) is 0 Å². The molecule has 1 saturated heterocycles. The predicted molar refractivity (Wildman–Crippen MR) is 143 cm³/mol. The Morgan fingerprint density at radius 3 is 2.56 bits per heavy atom. The second kappa shape index (κ2) is 11.1. The summed E-state index contributed by atoms with van der Waals surface area (Å²) >= 11 is 7.85. The average molecular weight is 499 g/mol. The Morgan fingerprint density at radius 2 is 1.82 bits per heavy atom. The van der Waals surface area contributed by atoms with E-state index in [1.807, 2.05) is 41.3 Å². The number of carbonyl (C=O) groups is 1. The maximum atomic E-state index is 13.6. The summed E-state index contributed by atoms with van der Waals surface area (Å²) in [5.74, 6) is 0.0789. The Kier molecular flexibility index (Phi) is 8.22. The Balaban J connectivity index is 1.45. The number of carbonyl (C=O) groups excluding carboxylic acids is 1. The number of hydrogen-bond acceptors (Lipinski definition) is 4. The number of piperidine rings is 1. The van der Waals surface area contributed by atoms with Crippen molar-refractivity contribution in [2.75, 3.05) is 18.0 Å². The summed E-state index contributed by atoms with van der Waals surface area (Å²) in [6.45, 7) is 6.51. The molecule has 0 spiro atoms. The second-order valence-electron chi connectivity index (χ2n) is 9.57. The summed E-state index contributed by atoms with van der Waals surface area (Å²) in [7, 11) is 0. The molecule has 2 heterocycles. The van der Waals surface area contributed by atoms with Gasteiger partial charge in [-0.2, -0.15) is 0 Å². The first-order chi connectivity index (χ1) is 16.3. The van der Waals surface area contributed by atoms with Crippen LogP contribution in [0.1, 0.15) is 68.7 Å². The van der Waals surface area contributed by atoms with Crippen molar-refractivity contribution in [2.45, 2.75) is 74.6 Å². The van der Waals surface area contributed by atoms with E-state index in [2.05, 4.69) is 18.7 Å². The summed E-state index contributed by atoms with van der Waals surface area (Å²) in [6.07, 6.45) is 7.14. The number of nitrogens with two attached hydrogens (primary N) is 1. The van der Waals surface area contributed by atoms with E-state index >= 15 is 0 Å². The maximum Gasteiger partial charge on any atom is 0.245 e. The van der Waals surface area contributed by atoms with Crippen LogP contribution in [0.4, 0.5) is 5.69 Å². The highest BCUT2D eigenvalue weighted by molar-refractivity contribution is 8.00. The molecule has 34 heavy (non-hydrogen) atoms. The molecule has 182 valence electrons. The Morgan fingerprint density at radius 1 is 1.09 bits per heavy atom. The fraction of sp³-hybridized carbons (Fsp3) is 0.481. The van der Waals surface area contributed by atoms with Gasteiger partial charge < -0.3 is 10.6 Å². The number of amidine groups is 1. The Bertz CT molecular complexity index is 1040. The molecule has 1 unspecified atom stereocenters. The van der Waals surface area contributed by atoms with Crippen LogP contribution in [0.5, 0.6) is 0 Å². The average Bonchev–Trinajstić information content (AvgIpc) is 2.81. The molecule has 2 aliphatic rings. The van der Waals surface area contributed by atoms with Gasteiger partial charge in [-0.1, -0.05) is 42.6 Å². The number of nitrogens with one attached hydrogen (secondary N) is 1. The molecule has 3 N–H and O–H groups in total. The highest BCUT2D eigenvalue weighted by Gasteiger charge is 2.34. The van der Waals surface area contributed by atoms with E-state index < -0.39 is 0 Å². The molecular weight excluding hydrogens is 464 g/mol. The normalized spacial score (nSPS) is 23.1. The summed E-state index contributed by atoms with van der Waals surface area (Å²) < 4.78 is 0. The SMILES string of the molecule is C[C@@H]1CCC[C@H](C)N1CCCCCN1C(=O)C(c2cccc(C(=N)N)c2)Sc2ccc(Cl)cc21. The third-order valence-corrected chi connectivity index (χ3v) is 8.67. The molecule has 1 fully saturated rings. The molecular formula is C27H35ClN4OS. The predicted octanol–water partition coefficient (Wildman–Crippen LogP) is 6.24. The Hall–Kier alpha value is -2.02. The molecule has 0 bridgehead atoms. The van der Waals surface area contributed by atoms with Gasteiger partial charge in [-0.05, 0) is 75.9 Å². The van der Waals surface area contributed by atoms with Gasteiger partial charge in [0, 0.05) is 34.1 Å². The van der Waals surface area contributed by atoms with E-state index in [0.29, 0.717) is 29.2 Å². The zero-order valence-corrected chi connectivity index (χ0v) is 21.7. The number of benzene rings is 2. The van der Waals surface area contributed by atoms with Crippen molar-refractivity contribution in [3.63, 3.8) is 0 Å². The van der Waals surface area contributed by atoms with Crippen LogP contribution in [0, 0.1) is 5.41 Å². The van der Waals surface area contributed by atoms with Crippen molar-refractivity contribution in [1.29, 1.82) is 5.41 Å². The highest BCUT2D eigenvalue weighted by Crippen LogP contribution is 2.47. The van der Waals surface area contributed by atoms with E-state index in [1.165, 1.54) is 19.3 Å². The van der Waals surface area contributed by atoms with E-state index in [-0.39, 0.29) is 17.0 Å². The van der Waals surface area contributed by atoms with E-state index in [1.54, 1.807) is 17.8 Å². The molecule has 2 aromatic carbocycles. The lowest BCUT2D eigenvalue weighted by molar-refractivity contribution is -0.118. The number of amides is 1. The lowest BCUT2D eigenvalue weighted by Gasteiger charge is -2.39. The number of nitrogen functional groups attached to an aromatic ring is 1. The lowest BCUT2D eigenvalue weighted by atomic mass is 9.97. The van der Waals surface area contributed by atoms with Gasteiger partial charge in [0.05, 0.1) is 5.69 Å². The summed E-state index contributed by atoms with van der Waals surface area (Å²) in [5.41, 5.74) is 8.11. The Labute approximate surface area is 212 Å². The molecule has 2 aromatic rings. The number of anilines is 1. The largest absolute Gasteiger partial charge is 0.384 e. The molecule has 4 rings (SSSR count). The molecule has 1 amide bonds. The molecule has 5 nitrogen and oxygen atoms in total. The molecule has 0 aliphatic carbocycles. The van der Waals surface area contributed by atoms with Crippen LogP contribution >= 0.6 is 23.4 Å².